The lowest BCUT2D eigenvalue weighted by Gasteiger charge is -2.29. The summed E-state index contributed by atoms with van der Waals surface area (Å²) in [5.74, 6) is 0.611. The fraction of sp³-hybridized carbons (Fsp3) is 0.500. The van der Waals surface area contributed by atoms with Crippen LogP contribution in [0.4, 0.5) is 23.7 Å². The van der Waals surface area contributed by atoms with Crippen molar-refractivity contribution in [1.82, 2.24) is 0 Å². The van der Waals surface area contributed by atoms with E-state index in [4.69, 9.17) is 9.47 Å². The van der Waals surface area contributed by atoms with E-state index in [1.165, 1.54) is 6.07 Å². The highest BCUT2D eigenvalue weighted by molar-refractivity contribution is 5.91. The maximum absolute atomic E-state index is 13.6. The van der Waals surface area contributed by atoms with Gasteiger partial charge in [0.25, 0.3) is 0 Å². The molecule has 2 aliphatic rings. The summed E-state index contributed by atoms with van der Waals surface area (Å²) in [7, 11) is 0. The largest absolute Gasteiger partial charge is 0.489 e. The fourth-order valence-electron chi connectivity index (χ4n) is 4.47. The van der Waals surface area contributed by atoms with E-state index >= 15 is 0 Å². The number of nitrogens with zero attached hydrogens (tertiary/aromatic N) is 1. The highest BCUT2D eigenvalue weighted by atomic mass is 19.4. The first-order valence-electron chi connectivity index (χ1n) is 11.4. The van der Waals surface area contributed by atoms with Crippen LogP contribution in [0.3, 0.4) is 0 Å². The lowest BCUT2D eigenvalue weighted by Crippen LogP contribution is -2.35. The van der Waals surface area contributed by atoms with Gasteiger partial charge in [0.15, 0.2) is 0 Å². The molecule has 1 saturated carbocycles. The SMILES string of the molecule is Cc1c(OCc2ccc(C3CCC3)c(C(F)(F)F)c2)ccc2c1CCN2C(=O)OC(C)(C)C. The van der Waals surface area contributed by atoms with Gasteiger partial charge in [0.1, 0.15) is 18.0 Å². The molecule has 1 heterocycles. The molecule has 178 valence electrons. The van der Waals surface area contributed by atoms with E-state index in [0.717, 1.165) is 36.1 Å². The van der Waals surface area contributed by atoms with Gasteiger partial charge in [-0.15, -0.1) is 0 Å². The number of amides is 1. The van der Waals surface area contributed by atoms with Gasteiger partial charge in [-0.1, -0.05) is 18.6 Å². The number of ether oxygens (including phenoxy) is 2. The monoisotopic (exact) mass is 461 g/mol. The number of carbonyl (C=O) groups excluding carboxylic acids is 1. The van der Waals surface area contributed by atoms with Crippen molar-refractivity contribution >= 4 is 11.8 Å². The Morgan fingerprint density at radius 3 is 2.45 bits per heavy atom. The zero-order chi connectivity index (χ0) is 24.0. The number of rotatable bonds is 4. The lowest BCUT2D eigenvalue weighted by molar-refractivity contribution is -0.138. The molecule has 0 N–H and O–H groups in total. The Morgan fingerprint density at radius 1 is 1.12 bits per heavy atom. The van der Waals surface area contributed by atoms with Gasteiger partial charge < -0.3 is 9.47 Å². The Kier molecular flexibility index (Phi) is 6.10. The molecule has 4 rings (SSSR count). The van der Waals surface area contributed by atoms with E-state index in [1.807, 2.05) is 33.8 Å². The van der Waals surface area contributed by atoms with Crippen LogP contribution in [0.2, 0.25) is 0 Å². The first-order valence-corrected chi connectivity index (χ1v) is 11.4. The fourth-order valence-corrected chi connectivity index (χ4v) is 4.47. The summed E-state index contributed by atoms with van der Waals surface area (Å²) in [6.07, 6.45) is -1.49. The maximum Gasteiger partial charge on any atom is 0.416 e. The molecular formula is C26H30F3NO3. The Balaban J connectivity index is 1.50. The lowest BCUT2D eigenvalue weighted by atomic mass is 9.78. The Morgan fingerprint density at radius 2 is 1.85 bits per heavy atom. The van der Waals surface area contributed by atoms with Crippen molar-refractivity contribution in [3.8, 4) is 5.75 Å². The molecular weight excluding hydrogens is 431 g/mol. The molecule has 1 amide bonds. The highest BCUT2D eigenvalue weighted by Crippen LogP contribution is 2.43. The summed E-state index contributed by atoms with van der Waals surface area (Å²) in [5, 5.41) is 0. The quantitative estimate of drug-likeness (QED) is 0.485. The van der Waals surface area contributed by atoms with Gasteiger partial charge in [-0.2, -0.15) is 13.2 Å². The average Bonchev–Trinajstić information content (AvgIpc) is 3.10. The molecule has 7 heteroatoms. The Labute approximate surface area is 192 Å². The third-order valence-electron chi connectivity index (χ3n) is 6.38. The smallest absolute Gasteiger partial charge is 0.416 e. The van der Waals surface area contributed by atoms with Crippen LogP contribution in [0.1, 0.15) is 73.8 Å². The maximum atomic E-state index is 13.6. The van der Waals surface area contributed by atoms with Gasteiger partial charge in [-0.05, 0) is 93.3 Å². The summed E-state index contributed by atoms with van der Waals surface area (Å²) in [6, 6.07) is 8.15. The number of anilines is 1. The average molecular weight is 462 g/mol. The third kappa shape index (κ3) is 4.97. The van der Waals surface area contributed by atoms with Crippen molar-refractivity contribution in [3.63, 3.8) is 0 Å². The van der Waals surface area contributed by atoms with Crippen molar-refractivity contribution in [1.29, 1.82) is 0 Å². The zero-order valence-electron chi connectivity index (χ0n) is 19.5. The van der Waals surface area contributed by atoms with Crippen molar-refractivity contribution in [2.45, 2.75) is 77.7 Å². The van der Waals surface area contributed by atoms with E-state index < -0.39 is 17.3 Å². The van der Waals surface area contributed by atoms with Gasteiger partial charge in [0.05, 0.1) is 11.3 Å². The normalized spacial score (nSPS) is 16.4. The number of hydrogen-bond donors (Lipinski definition) is 0. The topological polar surface area (TPSA) is 38.8 Å². The summed E-state index contributed by atoms with van der Waals surface area (Å²) in [4.78, 5) is 14.1. The van der Waals surface area contributed by atoms with Crippen molar-refractivity contribution in [2.75, 3.05) is 11.4 Å². The molecule has 0 aromatic heterocycles. The number of benzene rings is 2. The minimum atomic E-state index is -4.38. The van der Waals surface area contributed by atoms with Crippen LogP contribution in [0.15, 0.2) is 30.3 Å². The van der Waals surface area contributed by atoms with E-state index in [2.05, 4.69) is 0 Å². The first kappa shape index (κ1) is 23.5. The van der Waals surface area contributed by atoms with Gasteiger partial charge in [-0.3, -0.25) is 4.90 Å². The number of fused-ring (bicyclic) bond motifs is 1. The highest BCUT2D eigenvalue weighted by Gasteiger charge is 2.37. The van der Waals surface area contributed by atoms with E-state index in [1.54, 1.807) is 23.1 Å². The van der Waals surface area contributed by atoms with Gasteiger partial charge >= 0.3 is 12.3 Å². The molecule has 4 nitrogen and oxygen atoms in total. The van der Waals surface area contributed by atoms with Crippen LogP contribution in [0.25, 0.3) is 0 Å². The van der Waals surface area contributed by atoms with Gasteiger partial charge in [0, 0.05) is 6.54 Å². The van der Waals surface area contributed by atoms with Crippen LogP contribution < -0.4 is 9.64 Å². The molecule has 0 spiro atoms. The molecule has 2 aromatic rings. The molecule has 0 radical (unpaired) electrons. The Hall–Kier alpha value is -2.70. The molecule has 0 atom stereocenters. The minimum Gasteiger partial charge on any atom is -0.489 e. The molecule has 0 bridgehead atoms. The molecule has 2 aromatic carbocycles. The van der Waals surface area contributed by atoms with Crippen LogP contribution in [-0.2, 0) is 23.9 Å². The number of halogens is 3. The minimum absolute atomic E-state index is 0.00321. The van der Waals surface area contributed by atoms with Crippen molar-refractivity contribution in [2.24, 2.45) is 0 Å². The van der Waals surface area contributed by atoms with E-state index in [-0.39, 0.29) is 18.6 Å². The summed E-state index contributed by atoms with van der Waals surface area (Å²) < 4.78 is 52.4. The summed E-state index contributed by atoms with van der Waals surface area (Å²) in [6.45, 7) is 7.95. The second-order valence-corrected chi connectivity index (χ2v) is 9.90. The first-order chi connectivity index (χ1) is 15.4. The number of hydrogen-bond acceptors (Lipinski definition) is 3. The summed E-state index contributed by atoms with van der Waals surface area (Å²) in [5.41, 5.74) is 2.43. The molecule has 1 aliphatic heterocycles. The van der Waals surface area contributed by atoms with Crippen LogP contribution in [-0.4, -0.2) is 18.2 Å². The Bertz CT molecular complexity index is 1050. The van der Waals surface area contributed by atoms with Crippen LogP contribution in [0, 0.1) is 6.92 Å². The van der Waals surface area contributed by atoms with Crippen molar-refractivity contribution < 1.29 is 27.4 Å². The van der Waals surface area contributed by atoms with E-state index in [0.29, 0.717) is 29.8 Å². The second kappa shape index (κ2) is 8.58. The predicted octanol–water partition coefficient (Wildman–Crippen LogP) is 7.16. The summed E-state index contributed by atoms with van der Waals surface area (Å²) >= 11 is 0. The van der Waals surface area contributed by atoms with Crippen LogP contribution in [0.5, 0.6) is 5.75 Å². The molecule has 33 heavy (non-hydrogen) atoms. The molecule has 1 aliphatic carbocycles. The number of carbonyl (C=O) groups is 1. The van der Waals surface area contributed by atoms with Gasteiger partial charge in [0.2, 0.25) is 0 Å². The van der Waals surface area contributed by atoms with E-state index in [9.17, 15) is 18.0 Å². The molecule has 0 unspecified atom stereocenters. The van der Waals surface area contributed by atoms with Crippen molar-refractivity contribution in [3.05, 3.63) is 58.1 Å². The van der Waals surface area contributed by atoms with Gasteiger partial charge in [-0.25, -0.2) is 4.79 Å². The molecule has 0 saturated heterocycles. The third-order valence-corrected chi connectivity index (χ3v) is 6.38. The van der Waals surface area contributed by atoms with Crippen LogP contribution >= 0.6 is 0 Å². The standard InChI is InChI=1S/C26H30F3NO3/c1-16-19-12-13-30(24(31)33-25(2,3)4)22(19)10-11-23(16)32-15-17-8-9-20(18-6-5-7-18)21(14-17)26(27,28)29/h8-11,14,18H,5-7,12-13,15H2,1-4H3. The zero-order valence-corrected chi connectivity index (χ0v) is 19.5. The number of alkyl halides is 3. The second-order valence-electron chi connectivity index (χ2n) is 9.90. The predicted molar refractivity (Wildman–Crippen MR) is 121 cm³/mol. The molecule has 1 fully saturated rings.